The van der Waals surface area contributed by atoms with Gasteiger partial charge in [-0.15, -0.1) is 0 Å². The summed E-state index contributed by atoms with van der Waals surface area (Å²) >= 11 is 0. The second-order valence-corrected chi connectivity index (χ2v) is 7.49. The van der Waals surface area contributed by atoms with Crippen molar-refractivity contribution in [3.8, 4) is 0 Å². The van der Waals surface area contributed by atoms with Crippen LogP contribution in [0.3, 0.4) is 0 Å². The molecule has 1 fully saturated rings. The van der Waals surface area contributed by atoms with Gasteiger partial charge in [0.1, 0.15) is 0 Å². The Morgan fingerprint density at radius 1 is 1.30 bits per heavy atom. The van der Waals surface area contributed by atoms with Crippen molar-refractivity contribution in [3.05, 3.63) is 29.8 Å². The molecule has 0 amide bonds. The zero-order valence-corrected chi connectivity index (χ0v) is 12.7. The highest BCUT2D eigenvalue weighted by molar-refractivity contribution is 7.89. The molecule has 2 N–H and O–H groups in total. The number of hydrogen-bond donors (Lipinski definition) is 2. The standard InChI is InChI=1S/C15H23NO3S/c1-12-5-4-6-13(9-12)10-16-20(18,19)15-8-3-2-7-14(15)11-17/h2-3,7-8,12-13,16-17H,4-6,9-11H2,1H3. The van der Waals surface area contributed by atoms with Gasteiger partial charge in [0.05, 0.1) is 11.5 Å². The topological polar surface area (TPSA) is 66.4 Å². The number of aliphatic hydroxyl groups excluding tert-OH is 1. The molecule has 1 aliphatic rings. The number of nitrogens with one attached hydrogen (secondary N) is 1. The summed E-state index contributed by atoms with van der Waals surface area (Å²) in [5.74, 6) is 1.11. The molecule has 0 bridgehead atoms. The number of sulfonamides is 1. The average molecular weight is 297 g/mol. The van der Waals surface area contributed by atoms with Gasteiger partial charge in [0.15, 0.2) is 0 Å². The molecule has 0 spiro atoms. The quantitative estimate of drug-likeness (QED) is 0.876. The maximum absolute atomic E-state index is 12.3. The summed E-state index contributed by atoms with van der Waals surface area (Å²) in [5, 5.41) is 9.24. The van der Waals surface area contributed by atoms with Crippen LogP contribution in [0.1, 0.15) is 38.2 Å². The van der Waals surface area contributed by atoms with Crippen molar-refractivity contribution in [2.24, 2.45) is 11.8 Å². The number of hydrogen-bond acceptors (Lipinski definition) is 3. The summed E-state index contributed by atoms with van der Waals surface area (Å²) in [6.45, 7) is 2.45. The van der Waals surface area contributed by atoms with Gasteiger partial charge >= 0.3 is 0 Å². The molecule has 1 aromatic carbocycles. The molecular formula is C15H23NO3S. The van der Waals surface area contributed by atoms with E-state index in [-0.39, 0.29) is 11.5 Å². The molecule has 0 radical (unpaired) electrons. The minimum Gasteiger partial charge on any atom is -0.392 e. The summed E-state index contributed by atoms with van der Waals surface area (Å²) in [6.07, 6.45) is 4.61. The highest BCUT2D eigenvalue weighted by Crippen LogP contribution is 2.28. The highest BCUT2D eigenvalue weighted by Gasteiger charge is 2.22. The van der Waals surface area contributed by atoms with E-state index in [9.17, 15) is 13.5 Å². The van der Waals surface area contributed by atoms with Crippen LogP contribution in [0.4, 0.5) is 0 Å². The molecule has 0 heterocycles. The summed E-state index contributed by atoms with van der Waals surface area (Å²) in [4.78, 5) is 0.186. The normalized spacial score (nSPS) is 23.7. The van der Waals surface area contributed by atoms with Crippen molar-refractivity contribution in [2.45, 2.75) is 44.1 Å². The van der Waals surface area contributed by atoms with E-state index in [1.165, 1.54) is 18.9 Å². The van der Waals surface area contributed by atoms with E-state index < -0.39 is 10.0 Å². The van der Waals surface area contributed by atoms with E-state index in [2.05, 4.69) is 11.6 Å². The Balaban J connectivity index is 2.04. The highest BCUT2D eigenvalue weighted by atomic mass is 32.2. The fourth-order valence-electron chi connectivity index (χ4n) is 2.95. The average Bonchev–Trinajstić information content (AvgIpc) is 2.45. The third-order valence-electron chi connectivity index (χ3n) is 4.04. The lowest BCUT2D eigenvalue weighted by atomic mass is 9.83. The second kappa shape index (κ2) is 6.70. The molecular weight excluding hydrogens is 274 g/mol. The van der Waals surface area contributed by atoms with Crippen molar-refractivity contribution in [1.29, 1.82) is 0 Å². The minimum atomic E-state index is -3.53. The lowest BCUT2D eigenvalue weighted by Crippen LogP contribution is -2.32. The van der Waals surface area contributed by atoms with Crippen LogP contribution in [0.25, 0.3) is 0 Å². The fourth-order valence-corrected chi connectivity index (χ4v) is 4.29. The van der Waals surface area contributed by atoms with Gasteiger partial charge in [0.2, 0.25) is 10.0 Å². The van der Waals surface area contributed by atoms with Crippen LogP contribution in [-0.2, 0) is 16.6 Å². The number of rotatable bonds is 5. The Morgan fingerprint density at radius 3 is 2.75 bits per heavy atom. The first-order valence-corrected chi connectivity index (χ1v) is 8.69. The van der Waals surface area contributed by atoms with E-state index in [1.54, 1.807) is 18.2 Å². The predicted molar refractivity (Wildman–Crippen MR) is 78.7 cm³/mol. The van der Waals surface area contributed by atoms with Gasteiger partial charge in [-0.05, 0) is 36.3 Å². The monoisotopic (exact) mass is 297 g/mol. The van der Waals surface area contributed by atoms with E-state index in [4.69, 9.17) is 0 Å². The largest absolute Gasteiger partial charge is 0.392 e. The molecule has 112 valence electrons. The Hall–Kier alpha value is -0.910. The van der Waals surface area contributed by atoms with Crippen molar-refractivity contribution >= 4 is 10.0 Å². The molecule has 2 unspecified atom stereocenters. The number of aliphatic hydroxyl groups is 1. The molecule has 20 heavy (non-hydrogen) atoms. The maximum atomic E-state index is 12.3. The summed E-state index contributed by atoms with van der Waals surface area (Å²) in [7, 11) is -3.53. The molecule has 2 atom stereocenters. The molecule has 1 saturated carbocycles. The van der Waals surface area contributed by atoms with Crippen LogP contribution >= 0.6 is 0 Å². The summed E-state index contributed by atoms with van der Waals surface area (Å²) < 4.78 is 27.3. The zero-order chi connectivity index (χ0) is 14.6. The van der Waals surface area contributed by atoms with Crippen LogP contribution in [0.15, 0.2) is 29.2 Å². The molecule has 0 aromatic heterocycles. The second-order valence-electron chi connectivity index (χ2n) is 5.76. The molecule has 0 aliphatic heterocycles. The van der Waals surface area contributed by atoms with Crippen molar-refractivity contribution in [2.75, 3.05) is 6.54 Å². The summed E-state index contributed by atoms with van der Waals surface area (Å²) in [6, 6.07) is 6.58. The zero-order valence-electron chi connectivity index (χ0n) is 11.9. The SMILES string of the molecule is CC1CCCC(CNS(=O)(=O)c2ccccc2CO)C1. The van der Waals surface area contributed by atoms with Crippen LogP contribution in [0.5, 0.6) is 0 Å². The van der Waals surface area contributed by atoms with E-state index in [1.807, 2.05) is 0 Å². The maximum Gasteiger partial charge on any atom is 0.240 e. The van der Waals surface area contributed by atoms with E-state index in [0.717, 1.165) is 12.8 Å². The van der Waals surface area contributed by atoms with Crippen molar-refractivity contribution in [3.63, 3.8) is 0 Å². The first kappa shape index (κ1) is 15.5. The van der Waals surface area contributed by atoms with Gasteiger partial charge in [-0.25, -0.2) is 13.1 Å². The summed E-state index contributed by atoms with van der Waals surface area (Å²) in [5.41, 5.74) is 0.442. The molecule has 2 rings (SSSR count). The van der Waals surface area contributed by atoms with E-state index >= 15 is 0 Å². The lowest BCUT2D eigenvalue weighted by Gasteiger charge is -2.26. The van der Waals surface area contributed by atoms with Crippen molar-refractivity contribution in [1.82, 2.24) is 4.72 Å². The fraction of sp³-hybridized carbons (Fsp3) is 0.600. The van der Waals surface area contributed by atoms with Crippen molar-refractivity contribution < 1.29 is 13.5 Å². The molecule has 1 aliphatic carbocycles. The third kappa shape index (κ3) is 3.81. The van der Waals surface area contributed by atoms with Gasteiger partial charge in [0, 0.05) is 6.54 Å². The van der Waals surface area contributed by atoms with Crippen LogP contribution < -0.4 is 4.72 Å². The first-order valence-electron chi connectivity index (χ1n) is 7.21. The minimum absolute atomic E-state index is 0.186. The molecule has 5 heteroatoms. The smallest absolute Gasteiger partial charge is 0.240 e. The van der Waals surface area contributed by atoms with Crippen LogP contribution in [0, 0.1) is 11.8 Å². The Kier molecular flexibility index (Phi) is 5.18. The van der Waals surface area contributed by atoms with Gasteiger partial charge in [0.25, 0.3) is 0 Å². The molecule has 1 aromatic rings. The predicted octanol–water partition coefficient (Wildman–Crippen LogP) is 2.28. The first-order chi connectivity index (χ1) is 9.53. The van der Waals surface area contributed by atoms with Crippen LogP contribution in [-0.4, -0.2) is 20.1 Å². The Labute approximate surface area is 121 Å². The van der Waals surface area contributed by atoms with Crippen LogP contribution in [0.2, 0.25) is 0 Å². The Bertz CT molecular complexity index is 542. The van der Waals surface area contributed by atoms with Gasteiger partial charge < -0.3 is 5.11 Å². The van der Waals surface area contributed by atoms with Gasteiger partial charge in [-0.1, -0.05) is 38.0 Å². The molecule has 4 nitrogen and oxygen atoms in total. The number of benzene rings is 1. The Morgan fingerprint density at radius 2 is 2.05 bits per heavy atom. The third-order valence-corrected chi connectivity index (χ3v) is 5.56. The van der Waals surface area contributed by atoms with E-state index in [0.29, 0.717) is 23.9 Å². The lowest BCUT2D eigenvalue weighted by molar-refractivity contribution is 0.277. The van der Waals surface area contributed by atoms with Gasteiger partial charge in [-0.2, -0.15) is 0 Å². The molecule has 0 saturated heterocycles. The van der Waals surface area contributed by atoms with Gasteiger partial charge in [-0.3, -0.25) is 0 Å².